The number of hydrogen-bond acceptors (Lipinski definition) is 4. The first-order valence-corrected chi connectivity index (χ1v) is 10.0. The van der Waals surface area contributed by atoms with Crippen LogP contribution in [0, 0.1) is 0 Å². The van der Waals surface area contributed by atoms with Crippen molar-refractivity contribution < 1.29 is 9.15 Å². The summed E-state index contributed by atoms with van der Waals surface area (Å²) in [4.78, 5) is 0. The molecule has 3 heterocycles. The summed E-state index contributed by atoms with van der Waals surface area (Å²) in [5.41, 5.74) is 2.44. The molecule has 4 nitrogen and oxygen atoms in total. The van der Waals surface area contributed by atoms with Crippen LogP contribution in [0.2, 0.25) is 20.1 Å². The molecule has 0 unspecified atom stereocenters. The second-order valence-corrected chi connectivity index (χ2v) is 8.25. The van der Waals surface area contributed by atoms with E-state index in [1.54, 1.807) is 24.5 Å². The lowest BCUT2D eigenvalue weighted by Gasteiger charge is -2.39. The largest absolute Gasteiger partial charge is 0.463 e. The molecule has 0 saturated heterocycles. The molecular weight excluding hydrogens is 442 g/mol. The predicted molar refractivity (Wildman–Crippen MR) is 111 cm³/mol. The number of rotatable bonds is 2. The molecule has 0 aliphatic carbocycles. The maximum Gasteiger partial charge on any atom is 0.215 e. The average Bonchev–Trinajstić information content (AvgIpc) is 3.31. The van der Waals surface area contributed by atoms with Gasteiger partial charge in [-0.3, -0.25) is 0 Å². The molecule has 0 bridgehead atoms. The summed E-state index contributed by atoms with van der Waals surface area (Å²) < 4.78 is 11.8. The van der Waals surface area contributed by atoms with Gasteiger partial charge in [-0.1, -0.05) is 52.5 Å². The fourth-order valence-electron chi connectivity index (χ4n) is 3.61. The van der Waals surface area contributed by atoms with E-state index in [1.807, 2.05) is 29.3 Å². The molecule has 0 amide bonds. The normalized spacial score (nSPS) is 20.4. The van der Waals surface area contributed by atoms with Gasteiger partial charge in [0.25, 0.3) is 0 Å². The monoisotopic (exact) mass is 452 g/mol. The highest BCUT2D eigenvalue weighted by Gasteiger charge is 2.43. The standard InChI is InChI=1S/C20H12Cl4N2O2/c21-10-3-4-12(14(23)7-10)20-26-17(9-16(25-26)18-2-1-5-27-18)13-6-11(22)8-15(24)19(13)28-20/h1-8,17,20H,9H2/t17-,20+/m0/s1. The zero-order valence-electron chi connectivity index (χ0n) is 14.2. The van der Waals surface area contributed by atoms with Crippen molar-refractivity contribution in [3.63, 3.8) is 0 Å². The smallest absolute Gasteiger partial charge is 0.215 e. The van der Waals surface area contributed by atoms with Crippen molar-refractivity contribution in [1.29, 1.82) is 0 Å². The van der Waals surface area contributed by atoms with Crippen molar-refractivity contribution in [2.24, 2.45) is 5.10 Å². The Hall–Kier alpha value is -1.85. The summed E-state index contributed by atoms with van der Waals surface area (Å²) in [6.45, 7) is 0. The van der Waals surface area contributed by atoms with Crippen molar-refractivity contribution in [2.45, 2.75) is 18.7 Å². The van der Waals surface area contributed by atoms with Crippen molar-refractivity contribution in [1.82, 2.24) is 5.01 Å². The number of halogens is 4. The van der Waals surface area contributed by atoms with Gasteiger partial charge in [0.05, 0.1) is 22.4 Å². The third-order valence-electron chi connectivity index (χ3n) is 4.84. The summed E-state index contributed by atoms with van der Waals surface area (Å²) >= 11 is 25.2. The third-order valence-corrected chi connectivity index (χ3v) is 5.90. The van der Waals surface area contributed by atoms with Gasteiger partial charge in [0.2, 0.25) is 6.23 Å². The minimum absolute atomic E-state index is 0.114. The summed E-state index contributed by atoms with van der Waals surface area (Å²) in [6.07, 6.45) is 1.69. The van der Waals surface area contributed by atoms with Crippen LogP contribution in [0.3, 0.4) is 0 Å². The number of hydrazone groups is 1. The lowest BCUT2D eigenvalue weighted by Crippen LogP contribution is -2.34. The Morgan fingerprint density at radius 3 is 2.50 bits per heavy atom. The van der Waals surface area contributed by atoms with Gasteiger partial charge in [-0.25, -0.2) is 5.01 Å². The Morgan fingerprint density at radius 1 is 0.929 bits per heavy atom. The quantitative estimate of drug-likeness (QED) is 0.414. The van der Waals surface area contributed by atoms with Crippen LogP contribution in [-0.4, -0.2) is 10.7 Å². The van der Waals surface area contributed by atoms with Crippen molar-refractivity contribution in [3.8, 4) is 5.75 Å². The van der Waals surface area contributed by atoms with E-state index < -0.39 is 6.23 Å². The fraction of sp³-hybridized carbons (Fsp3) is 0.150. The van der Waals surface area contributed by atoms with E-state index in [-0.39, 0.29) is 6.04 Å². The number of nitrogens with zero attached hydrogens (tertiary/aromatic N) is 2. The molecule has 2 atom stereocenters. The number of hydrogen-bond donors (Lipinski definition) is 0. The van der Waals surface area contributed by atoms with Gasteiger partial charge in [-0.15, -0.1) is 0 Å². The molecule has 0 spiro atoms. The average molecular weight is 454 g/mol. The van der Waals surface area contributed by atoms with Gasteiger partial charge in [0.1, 0.15) is 17.2 Å². The molecule has 1 aromatic heterocycles. The van der Waals surface area contributed by atoms with Crippen LogP contribution < -0.4 is 4.74 Å². The highest BCUT2D eigenvalue weighted by atomic mass is 35.5. The minimum atomic E-state index is -0.562. The molecule has 2 aliphatic rings. The maximum absolute atomic E-state index is 6.47. The summed E-state index contributed by atoms with van der Waals surface area (Å²) in [7, 11) is 0. The van der Waals surface area contributed by atoms with Crippen molar-refractivity contribution >= 4 is 52.1 Å². The maximum atomic E-state index is 6.47. The van der Waals surface area contributed by atoms with Gasteiger partial charge in [-0.2, -0.15) is 5.10 Å². The van der Waals surface area contributed by atoms with Crippen LogP contribution in [0.25, 0.3) is 0 Å². The van der Waals surface area contributed by atoms with Crippen LogP contribution in [0.15, 0.2) is 58.2 Å². The Kier molecular flexibility index (Phi) is 4.48. The molecule has 0 fully saturated rings. The van der Waals surface area contributed by atoms with E-state index in [9.17, 15) is 0 Å². The summed E-state index contributed by atoms with van der Waals surface area (Å²) in [5, 5.41) is 8.69. The number of ether oxygens (including phenoxy) is 1. The highest BCUT2D eigenvalue weighted by molar-refractivity contribution is 6.36. The number of fused-ring (bicyclic) bond motifs is 3. The van der Waals surface area contributed by atoms with E-state index in [4.69, 9.17) is 60.7 Å². The first-order valence-electron chi connectivity index (χ1n) is 8.51. The molecule has 5 rings (SSSR count). The zero-order chi connectivity index (χ0) is 19.4. The van der Waals surface area contributed by atoms with E-state index in [0.29, 0.717) is 38.0 Å². The second kappa shape index (κ2) is 6.89. The SMILES string of the molecule is Clc1ccc([C@H]2Oc3c(Cl)cc(Cl)cc3[C@@H]3CC(c4ccco4)=NN23)c(Cl)c1. The van der Waals surface area contributed by atoms with Gasteiger partial charge in [-0.05, 0) is 36.4 Å². The van der Waals surface area contributed by atoms with E-state index in [0.717, 1.165) is 16.8 Å². The topological polar surface area (TPSA) is 38.0 Å². The molecule has 0 radical (unpaired) electrons. The minimum Gasteiger partial charge on any atom is -0.463 e. The summed E-state index contributed by atoms with van der Waals surface area (Å²) in [6, 6.07) is 12.4. The molecule has 2 aliphatic heterocycles. The highest BCUT2D eigenvalue weighted by Crippen LogP contribution is 2.51. The Bertz CT molecular complexity index is 1100. The lowest BCUT2D eigenvalue weighted by molar-refractivity contribution is -0.0188. The van der Waals surface area contributed by atoms with Gasteiger partial charge in [0.15, 0.2) is 0 Å². The fourth-order valence-corrected chi connectivity index (χ4v) is 4.67. The summed E-state index contributed by atoms with van der Waals surface area (Å²) in [5.74, 6) is 1.30. The third kappa shape index (κ3) is 2.96. The van der Waals surface area contributed by atoms with Gasteiger partial charge in [0, 0.05) is 27.6 Å². The lowest BCUT2D eigenvalue weighted by atomic mass is 9.97. The molecule has 0 saturated carbocycles. The van der Waals surface area contributed by atoms with Gasteiger partial charge < -0.3 is 9.15 Å². The van der Waals surface area contributed by atoms with Crippen LogP contribution in [0.4, 0.5) is 0 Å². The van der Waals surface area contributed by atoms with Gasteiger partial charge >= 0.3 is 0 Å². The second-order valence-electron chi connectivity index (χ2n) is 6.57. The first kappa shape index (κ1) is 18.2. The molecule has 28 heavy (non-hydrogen) atoms. The van der Waals surface area contributed by atoms with Crippen LogP contribution >= 0.6 is 46.4 Å². The van der Waals surface area contributed by atoms with E-state index in [1.165, 1.54) is 0 Å². The zero-order valence-corrected chi connectivity index (χ0v) is 17.2. The Labute approximate surface area is 181 Å². The van der Waals surface area contributed by atoms with E-state index >= 15 is 0 Å². The number of benzene rings is 2. The molecule has 2 aromatic carbocycles. The molecule has 0 N–H and O–H groups in total. The first-order chi connectivity index (χ1) is 13.5. The molecule has 142 valence electrons. The van der Waals surface area contributed by atoms with Crippen LogP contribution in [-0.2, 0) is 0 Å². The predicted octanol–water partition coefficient (Wildman–Crippen LogP) is 7.14. The molecular formula is C20H12Cl4N2O2. The van der Waals surface area contributed by atoms with E-state index in [2.05, 4.69) is 0 Å². The molecule has 8 heteroatoms. The Morgan fingerprint density at radius 2 is 1.75 bits per heavy atom. The van der Waals surface area contributed by atoms with Crippen molar-refractivity contribution in [3.05, 3.63) is 85.7 Å². The van der Waals surface area contributed by atoms with Crippen molar-refractivity contribution in [2.75, 3.05) is 0 Å². The number of furan rings is 1. The van der Waals surface area contributed by atoms with Crippen LogP contribution in [0.5, 0.6) is 5.75 Å². The Balaban J connectivity index is 1.66. The molecule has 3 aromatic rings. The van der Waals surface area contributed by atoms with Crippen LogP contribution in [0.1, 0.15) is 35.6 Å².